The van der Waals surface area contributed by atoms with Crippen molar-refractivity contribution >= 4 is 28.9 Å². The summed E-state index contributed by atoms with van der Waals surface area (Å²) in [5.41, 5.74) is 0.450. The van der Waals surface area contributed by atoms with Crippen LogP contribution in [-0.2, 0) is 9.53 Å². The molecule has 1 atom stereocenters. The van der Waals surface area contributed by atoms with E-state index in [9.17, 15) is 18.4 Å². The average molecular weight is 376 g/mol. The van der Waals surface area contributed by atoms with Gasteiger partial charge >= 0.3 is 5.97 Å². The number of nitrogens with one attached hydrogen (secondary N) is 1. The van der Waals surface area contributed by atoms with Crippen molar-refractivity contribution in [3.8, 4) is 5.69 Å². The Labute approximate surface area is 151 Å². The molecule has 2 aromatic heterocycles. The highest BCUT2D eigenvalue weighted by Gasteiger charge is 2.23. The maximum Gasteiger partial charge on any atom is 0.351 e. The lowest BCUT2D eigenvalue weighted by atomic mass is 10.2. The standard InChI is InChI=1S/C18H14F2N2O3S/c1-11(17(23)21-14-5-4-12(19)10-13(14)20)25-18(24)16-15(6-9-26-16)22-7-2-3-8-22/h2-11H,1H3,(H,21,23). The first-order valence-corrected chi connectivity index (χ1v) is 8.51. The fourth-order valence-corrected chi connectivity index (χ4v) is 3.02. The summed E-state index contributed by atoms with van der Waals surface area (Å²) < 4.78 is 33.4. The molecule has 3 aromatic rings. The van der Waals surface area contributed by atoms with Crippen LogP contribution < -0.4 is 5.32 Å². The first-order chi connectivity index (χ1) is 12.5. The largest absolute Gasteiger partial charge is 0.448 e. The van der Waals surface area contributed by atoms with Gasteiger partial charge in [-0.05, 0) is 42.6 Å². The topological polar surface area (TPSA) is 60.3 Å². The van der Waals surface area contributed by atoms with Crippen LogP contribution in [0.15, 0.2) is 54.2 Å². The number of carbonyl (C=O) groups excluding carboxylic acids is 2. The summed E-state index contributed by atoms with van der Waals surface area (Å²) in [6.07, 6.45) is 2.41. The number of benzene rings is 1. The molecule has 0 saturated heterocycles. The van der Waals surface area contributed by atoms with Gasteiger partial charge in [0.05, 0.1) is 11.4 Å². The van der Waals surface area contributed by atoms with Gasteiger partial charge in [-0.1, -0.05) is 0 Å². The van der Waals surface area contributed by atoms with Gasteiger partial charge in [0.25, 0.3) is 5.91 Å². The predicted molar refractivity (Wildman–Crippen MR) is 93.5 cm³/mol. The molecule has 1 N–H and O–H groups in total. The van der Waals surface area contributed by atoms with E-state index in [-0.39, 0.29) is 5.69 Å². The Morgan fingerprint density at radius 1 is 1.19 bits per heavy atom. The van der Waals surface area contributed by atoms with Gasteiger partial charge in [0.1, 0.15) is 16.5 Å². The van der Waals surface area contributed by atoms with Gasteiger partial charge in [-0.25, -0.2) is 13.6 Å². The van der Waals surface area contributed by atoms with Gasteiger partial charge < -0.3 is 14.6 Å². The van der Waals surface area contributed by atoms with E-state index >= 15 is 0 Å². The van der Waals surface area contributed by atoms with Crippen LogP contribution in [0.25, 0.3) is 5.69 Å². The second-order valence-corrected chi connectivity index (χ2v) is 6.30. The first kappa shape index (κ1) is 17.8. The Hall–Kier alpha value is -3.00. The van der Waals surface area contributed by atoms with Gasteiger partial charge in [-0.2, -0.15) is 0 Å². The third-order valence-electron chi connectivity index (χ3n) is 3.55. The number of amides is 1. The van der Waals surface area contributed by atoms with Crippen molar-refractivity contribution in [3.63, 3.8) is 0 Å². The van der Waals surface area contributed by atoms with Crippen molar-refractivity contribution in [3.05, 3.63) is 70.7 Å². The number of anilines is 1. The van der Waals surface area contributed by atoms with Gasteiger partial charge in [0.2, 0.25) is 0 Å². The molecule has 0 fully saturated rings. The molecule has 3 rings (SSSR count). The summed E-state index contributed by atoms with van der Waals surface area (Å²) in [5.74, 6) is -3.05. The van der Waals surface area contributed by atoms with E-state index in [2.05, 4.69) is 5.32 Å². The van der Waals surface area contributed by atoms with Crippen molar-refractivity contribution < 1.29 is 23.1 Å². The van der Waals surface area contributed by atoms with E-state index in [0.717, 1.165) is 12.1 Å². The number of nitrogens with zero attached hydrogens (tertiary/aromatic N) is 1. The van der Waals surface area contributed by atoms with E-state index in [1.165, 1.54) is 18.3 Å². The number of hydrogen-bond donors (Lipinski definition) is 1. The third-order valence-corrected chi connectivity index (χ3v) is 4.44. The smallest absolute Gasteiger partial charge is 0.351 e. The summed E-state index contributed by atoms with van der Waals surface area (Å²) >= 11 is 1.19. The number of carbonyl (C=O) groups is 2. The number of thiophene rings is 1. The second kappa shape index (κ2) is 7.49. The minimum absolute atomic E-state index is 0.191. The molecular formula is C18H14F2N2O3S. The average Bonchev–Trinajstić information content (AvgIpc) is 3.27. The summed E-state index contributed by atoms with van der Waals surface area (Å²) in [6, 6.07) is 8.17. The van der Waals surface area contributed by atoms with Crippen LogP contribution in [0, 0.1) is 11.6 Å². The fourth-order valence-electron chi connectivity index (χ4n) is 2.25. The molecule has 5 nitrogen and oxygen atoms in total. The number of halogens is 2. The molecule has 0 bridgehead atoms. The highest BCUT2D eigenvalue weighted by Crippen LogP contribution is 2.23. The maximum absolute atomic E-state index is 13.6. The van der Waals surface area contributed by atoms with Crippen LogP contribution in [0.2, 0.25) is 0 Å². The Balaban J connectivity index is 1.68. The SMILES string of the molecule is CC(OC(=O)c1sccc1-n1cccc1)C(=O)Nc1ccc(F)cc1F. The van der Waals surface area contributed by atoms with Crippen LogP contribution in [0.1, 0.15) is 16.6 Å². The van der Waals surface area contributed by atoms with E-state index in [1.54, 1.807) is 28.4 Å². The number of aromatic nitrogens is 1. The van der Waals surface area contributed by atoms with E-state index in [0.29, 0.717) is 16.6 Å². The highest BCUT2D eigenvalue weighted by molar-refractivity contribution is 7.12. The lowest BCUT2D eigenvalue weighted by Gasteiger charge is -2.14. The molecule has 26 heavy (non-hydrogen) atoms. The highest BCUT2D eigenvalue weighted by atomic mass is 32.1. The maximum atomic E-state index is 13.6. The normalized spacial score (nSPS) is 11.8. The lowest BCUT2D eigenvalue weighted by Crippen LogP contribution is -2.30. The summed E-state index contributed by atoms with van der Waals surface area (Å²) in [6.45, 7) is 1.37. The van der Waals surface area contributed by atoms with E-state index < -0.39 is 29.6 Å². The Morgan fingerprint density at radius 2 is 1.92 bits per heavy atom. The molecule has 0 radical (unpaired) electrons. The molecule has 1 unspecified atom stereocenters. The van der Waals surface area contributed by atoms with Crippen LogP contribution in [-0.4, -0.2) is 22.5 Å². The molecule has 0 aliphatic carbocycles. The van der Waals surface area contributed by atoms with E-state index in [4.69, 9.17) is 4.74 Å². The molecule has 1 amide bonds. The predicted octanol–water partition coefficient (Wildman–Crippen LogP) is 4.00. The number of esters is 1. The first-order valence-electron chi connectivity index (χ1n) is 7.63. The zero-order valence-corrected chi connectivity index (χ0v) is 14.4. The zero-order chi connectivity index (χ0) is 18.7. The molecule has 1 aromatic carbocycles. The summed E-state index contributed by atoms with van der Waals surface area (Å²) in [5, 5.41) is 4.01. The molecule has 8 heteroatoms. The number of rotatable bonds is 5. The summed E-state index contributed by atoms with van der Waals surface area (Å²) in [7, 11) is 0. The van der Waals surface area contributed by atoms with Crippen molar-refractivity contribution in [2.75, 3.05) is 5.32 Å². The van der Waals surface area contributed by atoms with Crippen LogP contribution in [0.3, 0.4) is 0 Å². The monoisotopic (exact) mass is 376 g/mol. The quantitative estimate of drug-likeness (QED) is 0.685. The van der Waals surface area contributed by atoms with Crippen LogP contribution in [0.4, 0.5) is 14.5 Å². The molecule has 0 spiro atoms. The molecule has 0 saturated carbocycles. The fraction of sp³-hybridized carbons (Fsp3) is 0.111. The van der Waals surface area contributed by atoms with E-state index in [1.807, 2.05) is 12.1 Å². The van der Waals surface area contributed by atoms with Crippen molar-refractivity contribution in [2.24, 2.45) is 0 Å². The Bertz CT molecular complexity index is 938. The van der Waals surface area contributed by atoms with Gasteiger partial charge in [-0.15, -0.1) is 11.3 Å². The molecular weight excluding hydrogens is 362 g/mol. The Kier molecular flexibility index (Phi) is 5.13. The lowest BCUT2D eigenvalue weighted by molar-refractivity contribution is -0.123. The number of ether oxygens (including phenoxy) is 1. The van der Waals surface area contributed by atoms with Crippen LogP contribution >= 0.6 is 11.3 Å². The van der Waals surface area contributed by atoms with Crippen molar-refractivity contribution in [1.29, 1.82) is 0 Å². The van der Waals surface area contributed by atoms with Crippen LogP contribution in [0.5, 0.6) is 0 Å². The molecule has 0 aliphatic rings. The minimum Gasteiger partial charge on any atom is -0.448 e. The second-order valence-electron chi connectivity index (χ2n) is 5.39. The third kappa shape index (κ3) is 3.80. The molecule has 0 aliphatic heterocycles. The zero-order valence-electron chi connectivity index (χ0n) is 13.6. The van der Waals surface area contributed by atoms with Gasteiger partial charge in [0, 0.05) is 18.5 Å². The van der Waals surface area contributed by atoms with Crippen molar-refractivity contribution in [1.82, 2.24) is 4.57 Å². The molecule has 2 heterocycles. The van der Waals surface area contributed by atoms with Gasteiger partial charge in [-0.3, -0.25) is 4.79 Å². The molecule has 134 valence electrons. The minimum atomic E-state index is -1.16. The summed E-state index contributed by atoms with van der Waals surface area (Å²) in [4.78, 5) is 24.8. The van der Waals surface area contributed by atoms with Crippen molar-refractivity contribution in [2.45, 2.75) is 13.0 Å². The Morgan fingerprint density at radius 3 is 2.62 bits per heavy atom. The number of hydrogen-bond acceptors (Lipinski definition) is 4. The van der Waals surface area contributed by atoms with Gasteiger partial charge in [0.15, 0.2) is 6.10 Å².